The van der Waals surface area contributed by atoms with Gasteiger partial charge in [-0.3, -0.25) is 24.7 Å². The van der Waals surface area contributed by atoms with E-state index in [0.717, 1.165) is 44.4 Å². The molecule has 0 aromatic rings. The topological polar surface area (TPSA) is 141 Å². The Kier molecular flexibility index (Phi) is 15.3. The molecule has 10 heteroatoms. The van der Waals surface area contributed by atoms with E-state index in [0.29, 0.717) is 30.4 Å². The smallest absolute Gasteiger partial charge is 0.252 e. The molecule has 4 N–H and O–H groups in total. The number of carbonyl (C=O) groups excluding carboxylic acids is 3. The Morgan fingerprint density at radius 2 is 1.83 bits per heavy atom. The van der Waals surface area contributed by atoms with Gasteiger partial charge >= 0.3 is 0 Å². The summed E-state index contributed by atoms with van der Waals surface area (Å²) in [6.45, 7) is 15.3. The van der Waals surface area contributed by atoms with Crippen molar-refractivity contribution in [3.63, 3.8) is 0 Å². The van der Waals surface area contributed by atoms with Crippen LogP contribution in [0.1, 0.15) is 125 Å². The number of amides is 3. The Balaban J connectivity index is 1.12. The lowest BCUT2D eigenvalue weighted by Gasteiger charge is -2.44. The molecule has 10 nitrogen and oxygen atoms in total. The van der Waals surface area contributed by atoms with Gasteiger partial charge in [-0.05, 0) is 113 Å². The van der Waals surface area contributed by atoms with Crippen LogP contribution in [0.15, 0.2) is 35.5 Å². The second-order valence-electron chi connectivity index (χ2n) is 17.4. The van der Waals surface area contributed by atoms with Crippen LogP contribution < -0.4 is 10.6 Å². The lowest BCUT2D eigenvalue weighted by Crippen LogP contribution is -2.36. The molecule has 3 aliphatic carbocycles. The average molecular weight is 725 g/mol. The van der Waals surface area contributed by atoms with Crippen LogP contribution in [0.5, 0.6) is 0 Å². The van der Waals surface area contributed by atoms with Gasteiger partial charge in [0.05, 0.1) is 18.3 Å². The van der Waals surface area contributed by atoms with E-state index in [9.17, 15) is 19.5 Å². The summed E-state index contributed by atoms with van der Waals surface area (Å²) >= 11 is 0. The first-order valence-electron chi connectivity index (χ1n) is 20.0. The van der Waals surface area contributed by atoms with E-state index in [2.05, 4.69) is 50.5 Å². The number of allylic oxidation sites excluding steroid dienone is 3. The number of ether oxygens (including phenoxy) is 2. The summed E-state index contributed by atoms with van der Waals surface area (Å²) < 4.78 is 11.7. The number of amidine groups is 1. The van der Waals surface area contributed by atoms with Gasteiger partial charge in [0.25, 0.3) is 5.91 Å². The van der Waals surface area contributed by atoms with Gasteiger partial charge < -0.3 is 25.2 Å². The molecule has 0 spiro atoms. The van der Waals surface area contributed by atoms with Crippen molar-refractivity contribution in [1.82, 2.24) is 15.5 Å². The van der Waals surface area contributed by atoms with Crippen LogP contribution >= 0.6 is 0 Å². The Labute approximate surface area is 313 Å². The number of hydrogen-bond donors (Lipinski definition) is 4. The molecule has 5 atom stereocenters. The Bertz CT molecular complexity index is 1330. The van der Waals surface area contributed by atoms with E-state index in [1.165, 1.54) is 61.1 Å². The largest absolute Gasteiger partial charge is 0.390 e. The number of fused-ring (bicyclic) bond motifs is 1. The summed E-state index contributed by atoms with van der Waals surface area (Å²) in [5.41, 5.74) is 3.11. The molecule has 3 amide bonds. The second kappa shape index (κ2) is 19.0. The van der Waals surface area contributed by atoms with Crippen molar-refractivity contribution in [2.75, 3.05) is 39.5 Å². The highest BCUT2D eigenvalue weighted by Crippen LogP contribution is 2.60. The van der Waals surface area contributed by atoms with Crippen LogP contribution in [0.25, 0.3) is 0 Å². The van der Waals surface area contributed by atoms with Gasteiger partial charge in [0.1, 0.15) is 12.4 Å². The third kappa shape index (κ3) is 12.1. The fourth-order valence-electron chi connectivity index (χ4n) is 9.23. The van der Waals surface area contributed by atoms with Gasteiger partial charge in [-0.15, -0.1) is 0 Å². The first kappa shape index (κ1) is 41.9. The first-order valence-corrected chi connectivity index (χ1v) is 20.0. The molecule has 1 heterocycles. The van der Waals surface area contributed by atoms with Crippen LogP contribution in [0.3, 0.4) is 0 Å². The molecule has 1 aliphatic heterocycles. The minimum atomic E-state index is -0.571. The Hall–Kier alpha value is -2.82. The molecule has 52 heavy (non-hydrogen) atoms. The third-order valence-corrected chi connectivity index (χ3v) is 12.4. The van der Waals surface area contributed by atoms with Crippen LogP contribution in [0.4, 0.5) is 0 Å². The molecular weight excluding hydrogens is 656 g/mol. The van der Waals surface area contributed by atoms with Gasteiger partial charge in [-0.25, -0.2) is 0 Å². The fraction of sp³-hybridized carbons (Fsp3) is 0.762. The minimum Gasteiger partial charge on any atom is -0.390 e. The summed E-state index contributed by atoms with van der Waals surface area (Å²) in [5.74, 6) is 1.51. The number of nitrogens with one attached hydrogen (secondary N) is 3. The van der Waals surface area contributed by atoms with E-state index in [1.807, 2.05) is 13.8 Å². The molecule has 3 fully saturated rings. The van der Waals surface area contributed by atoms with E-state index >= 15 is 0 Å². The molecule has 0 aromatic heterocycles. The zero-order chi connectivity index (χ0) is 37.9. The number of hydrogen-bond acceptors (Lipinski definition) is 7. The summed E-state index contributed by atoms with van der Waals surface area (Å²) in [6.07, 6.45) is 21.4. The minimum absolute atomic E-state index is 0.0774. The monoisotopic (exact) mass is 725 g/mol. The molecule has 0 bridgehead atoms. The lowest BCUT2D eigenvalue weighted by atomic mass is 9.60. The SMILES string of the molecule is C[C@H](CCCC(C)(C)O)[C@H]1CC[C@H]2/C(=C/C=C3/C[C@@H](OCCCNC(=O)COCCNC(=O)CCN4C(=N)C=CC4=O)CCC3(C)C)CCC[C@]12C. The van der Waals surface area contributed by atoms with E-state index < -0.39 is 5.60 Å². The number of carbonyl (C=O) groups is 3. The standard InChI is InChI=1S/C42H68N4O6/c1-30(10-7-20-41(4,5)50)34-14-15-35-31(11-8-21-42(34,35)6)12-13-32-28-33(18-22-40(32,2)3)52-26-9-23-44-38(48)29-51-27-24-45-37(47)19-25-46-36(43)16-17-39(46)49/h12-13,16-17,30,33-35,43,50H,7-11,14-15,18-29H2,1-6H3,(H,44,48)(H,45,47)/b31-12+,32-13-,43-36?/t30-,33+,34-,35+,42-/m1/s1. The molecular formula is C42H68N4O6. The van der Waals surface area contributed by atoms with Crippen molar-refractivity contribution < 1.29 is 29.0 Å². The quantitative estimate of drug-likeness (QED) is 0.110. The van der Waals surface area contributed by atoms with Crippen LogP contribution in [0, 0.1) is 34.0 Å². The van der Waals surface area contributed by atoms with Gasteiger partial charge in [0.2, 0.25) is 11.8 Å². The normalized spacial score (nSPS) is 28.1. The maximum atomic E-state index is 12.2. The summed E-state index contributed by atoms with van der Waals surface area (Å²) in [6, 6.07) is 0. The molecule has 0 saturated heterocycles. The van der Waals surface area contributed by atoms with E-state index in [4.69, 9.17) is 14.9 Å². The predicted molar refractivity (Wildman–Crippen MR) is 206 cm³/mol. The van der Waals surface area contributed by atoms with Crippen molar-refractivity contribution in [3.05, 3.63) is 35.5 Å². The van der Waals surface area contributed by atoms with Crippen molar-refractivity contribution >= 4 is 23.6 Å². The van der Waals surface area contributed by atoms with Gasteiger partial charge in [0, 0.05) is 38.7 Å². The zero-order valence-electron chi connectivity index (χ0n) is 33.0. The van der Waals surface area contributed by atoms with E-state index in [-0.39, 0.29) is 67.8 Å². The fourth-order valence-corrected chi connectivity index (χ4v) is 9.23. The van der Waals surface area contributed by atoms with E-state index in [1.54, 1.807) is 5.57 Å². The second-order valence-corrected chi connectivity index (χ2v) is 17.4. The Morgan fingerprint density at radius 1 is 1.06 bits per heavy atom. The summed E-state index contributed by atoms with van der Waals surface area (Å²) in [5, 5.41) is 23.5. The lowest BCUT2D eigenvalue weighted by molar-refractivity contribution is -0.125. The molecule has 4 rings (SSSR count). The number of rotatable bonds is 19. The predicted octanol–water partition coefficient (Wildman–Crippen LogP) is 6.63. The molecule has 0 radical (unpaired) electrons. The third-order valence-electron chi connectivity index (χ3n) is 12.4. The van der Waals surface area contributed by atoms with Gasteiger partial charge in [0.15, 0.2) is 0 Å². The summed E-state index contributed by atoms with van der Waals surface area (Å²) in [7, 11) is 0. The van der Waals surface area contributed by atoms with Crippen molar-refractivity contribution in [3.8, 4) is 0 Å². The Morgan fingerprint density at radius 3 is 2.56 bits per heavy atom. The molecule has 0 unspecified atom stereocenters. The number of nitrogens with zero attached hydrogens (tertiary/aromatic N) is 1. The van der Waals surface area contributed by atoms with Crippen molar-refractivity contribution in [2.45, 2.75) is 137 Å². The van der Waals surface area contributed by atoms with Crippen LogP contribution in [-0.2, 0) is 23.9 Å². The molecule has 292 valence electrons. The highest BCUT2D eigenvalue weighted by molar-refractivity contribution is 6.14. The zero-order valence-corrected chi connectivity index (χ0v) is 33.0. The van der Waals surface area contributed by atoms with Crippen LogP contribution in [-0.4, -0.2) is 84.7 Å². The highest BCUT2D eigenvalue weighted by atomic mass is 16.5. The molecule has 3 saturated carbocycles. The first-order chi connectivity index (χ1) is 24.6. The maximum absolute atomic E-state index is 12.2. The summed E-state index contributed by atoms with van der Waals surface area (Å²) in [4.78, 5) is 37.1. The molecule has 0 aromatic carbocycles. The van der Waals surface area contributed by atoms with Crippen molar-refractivity contribution in [1.29, 1.82) is 5.41 Å². The van der Waals surface area contributed by atoms with Gasteiger partial charge in [-0.2, -0.15) is 0 Å². The highest BCUT2D eigenvalue weighted by Gasteiger charge is 2.50. The molecule has 4 aliphatic rings. The number of aliphatic hydroxyl groups is 1. The van der Waals surface area contributed by atoms with Gasteiger partial charge in [-0.1, -0.05) is 63.8 Å². The van der Waals surface area contributed by atoms with Crippen LogP contribution in [0.2, 0.25) is 0 Å². The maximum Gasteiger partial charge on any atom is 0.252 e. The van der Waals surface area contributed by atoms with Crippen molar-refractivity contribution in [2.24, 2.45) is 28.6 Å². The average Bonchev–Trinajstić information content (AvgIpc) is 3.60.